The molecule has 0 saturated heterocycles. The predicted molar refractivity (Wildman–Crippen MR) is 64.7 cm³/mol. The zero-order chi connectivity index (χ0) is 16.6. The Bertz CT molecular complexity index is 635. The fourth-order valence-corrected chi connectivity index (χ4v) is 1.99. The Morgan fingerprint density at radius 2 is 1.09 bits per heavy atom. The SMILES string of the molecule is OC(c1ccncc1)(c1ccc(C(F)(F)F)cc1)C(F)(F)F. The van der Waals surface area contributed by atoms with Crippen LogP contribution in [0.15, 0.2) is 48.8 Å². The second kappa shape index (κ2) is 5.28. The van der Waals surface area contributed by atoms with Crippen LogP contribution in [-0.4, -0.2) is 16.3 Å². The van der Waals surface area contributed by atoms with Gasteiger partial charge >= 0.3 is 12.4 Å². The lowest BCUT2D eigenvalue weighted by molar-refractivity contribution is -0.248. The number of nitrogens with zero attached hydrogens (tertiary/aromatic N) is 1. The number of benzene rings is 1. The molecule has 1 N–H and O–H groups in total. The van der Waals surface area contributed by atoms with Crippen molar-refractivity contribution < 1.29 is 31.4 Å². The molecule has 0 aliphatic rings. The minimum atomic E-state index is -5.12. The second-order valence-corrected chi connectivity index (χ2v) is 4.52. The van der Waals surface area contributed by atoms with Crippen LogP contribution in [0.2, 0.25) is 0 Å². The third kappa shape index (κ3) is 2.78. The van der Waals surface area contributed by atoms with Crippen LogP contribution in [0.4, 0.5) is 26.3 Å². The summed E-state index contributed by atoms with van der Waals surface area (Å²) in [7, 11) is 0. The minimum absolute atomic E-state index is 0.493. The topological polar surface area (TPSA) is 33.1 Å². The molecule has 1 atom stereocenters. The lowest BCUT2D eigenvalue weighted by Gasteiger charge is -2.31. The molecule has 1 aromatic heterocycles. The van der Waals surface area contributed by atoms with E-state index in [2.05, 4.69) is 4.98 Å². The first-order valence-electron chi connectivity index (χ1n) is 5.94. The minimum Gasteiger partial charge on any atom is -0.372 e. The lowest BCUT2D eigenvalue weighted by atomic mass is 9.86. The van der Waals surface area contributed by atoms with Crippen molar-refractivity contribution in [1.29, 1.82) is 0 Å². The molecule has 0 radical (unpaired) electrons. The molecule has 0 aliphatic carbocycles. The standard InChI is InChI=1S/C14H9F6NO/c15-13(16,17)11-3-1-9(2-4-11)12(22,14(18,19)20)10-5-7-21-8-6-10/h1-8,22H. The lowest BCUT2D eigenvalue weighted by Crippen LogP contribution is -2.43. The molecule has 0 amide bonds. The van der Waals surface area contributed by atoms with E-state index in [-0.39, 0.29) is 0 Å². The van der Waals surface area contributed by atoms with E-state index in [1.165, 1.54) is 0 Å². The van der Waals surface area contributed by atoms with E-state index in [1.807, 2.05) is 0 Å². The van der Waals surface area contributed by atoms with E-state index < -0.39 is 34.6 Å². The smallest absolute Gasteiger partial charge is 0.372 e. The molecule has 1 heterocycles. The van der Waals surface area contributed by atoms with Crippen LogP contribution in [0.25, 0.3) is 0 Å². The van der Waals surface area contributed by atoms with Crippen molar-refractivity contribution in [3.8, 4) is 0 Å². The van der Waals surface area contributed by atoms with Gasteiger partial charge in [-0.3, -0.25) is 4.98 Å². The summed E-state index contributed by atoms with van der Waals surface area (Å²) in [6, 6.07) is 4.10. The van der Waals surface area contributed by atoms with E-state index in [0.717, 1.165) is 24.5 Å². The van der Waals surface area contributed by atoms with Crippen LogP contribution >= 0.6 is 0 Å². The molecule has 2 rings (SSSR count). The monoisotopic (exact) mass is 321 g/mol. The number of alkyl halides is 6. The molecule has 1 aromatic carbocycles. The van der Waals surface area contributed by atoms with Crippen LogP contribution in [0.3, 0.4) is 0 Å². The number of aliphatic hydroxyl groups is 1. The number of halogens is 6. The summed E-state index contributed by atoms with van der Waals surface area (Å²) in [5.74, 6) is 0. The van der Waals surface area contributed by atoms with E-state index in [4.69, 9.17) is 0 Å². The summed E-state index contributed by atoms with van der Waals surface area (Å²) in [5.41, 5.74) is -5.76. The van der Waals surface area contributed by atoms with Gasteiger partial charge in [-0.05, 0) is 29.8 Å². The van der Waals surface area contributed by atoms with Gasteiger partial charge in [0.2, 0.25) is 5.60 Å². The number of hydrogen-bond acceptors (Lipinski definition) is 2. The van der Waals surface area contributed by atoms with Gasteiger partial charge in [-0.15, -0.1) is 0 Å². The molecule has 22 heavy (non-hydrogen) atoms. The Labute approximate surface area is 121 Å². The van der Waals surface area contributed by atoms with Gasteiger partial charge in [0.1, 0.15) is 0 Å². The highest BCUT2D eigenvalue weighted by Crippen LogP contribution is 2.44. The van der Waals surface area contributed by atoms with Crippen LogP contribution < -0.4 is 0 Å². The third-order valence-corrected chi connectivity index (χ3v) is 3.14. The molecule has 0 spiro atoms. The quantitative estimate of drug-likeness (QED) is 0.851. The van der Waals surface area contributed by atoms with E-state index in [0.29, 0.717) is 24.3 Å². The molecule has 0 saturated carbocycles. The van der Waals surface area contributed by atoms with Crippen LogP contribution in [0, 0.1) is 0 Å². The molecule has 2 aromatic rings. The molecular weight excluding hydrogens is 312 g/mol. The Hall–Kier alpha value is -2.09. The molecule has 0 fully saturated rings. The van der Waals surface area contributed by atoms with Gasteiger partial charge in [0.15, 0.2) is 0 Å². The maximum Gasteiger partial charge on any atom is 0.425 e. The molecule has 0 aliphatic heterocycles. The van der Waals surface area contributed by atoms with Gasteiger partial charge in [-0.1, -0.05) is 12.1 Å². The summed E-state index contributed by atoms with van der Waals surface area (Å²) in [5, 5.41) is 10.2. The normalized spacial score (nSPS) is 15.4. The van der Waals surface area contributed by atoms with Crippen molar-refractivity contribution in [3.63, 3.8) is 0 Å². The van der Waals surface area contributed by atoms with Gasteiger partial charge in [0, 0.05) is 18.0 Å². The molecule has 118 valence electrons. The fraction of sp³-hybridized carbons (Fsp3) is 0.214. The molecule has 0 bridgehead atoms. The highest BCUT2D eigenvalue weighted by molar-refractivity contribution is 5.38. The van der Waals surface area contributed by atoms with Crippen molar-refractivity contribution in [2.24, 2.45) is 0 Å². The van der Waals surface area contributed by atoms with Gasteiger partial charge in [-0.2, -0.15) is 26.3 Å². The zero-order valence-corrected chi connectivity index (χ0v) is 10.8. The Morgan fingerprint density at radius 3 is 1.50 bits per heavy atom. The molecule has 2 nitrogen and oxygen atoms in total. The van der Waals surface area contributed by atoms with E-state index in [9.17, 15) is 31.4 Å². The second-order valence-electron chi connectivity index (χ2n) is 4.52. The predicted octanol–water partition coefficient (Wildman–Crippen LogP) is 3.90. The first-order valence-corrected chi connectivity index (χ1v) is 5.94. The third-order valence-electron chi connectivity index (χ3n) is 3.14. The molecule has 1 unspecified atom stereocenters. The summed E-state index contributed by atoms with van der Waals surface area (Å²) < 4.78 is 77.4. The average Bonchev–Trinajstić information content (AvgIpc) is 2.45. The summed E-state index contributed by atoms with van der Waals surface area (Å²) in [6.45, 7) is 0. The summed E-state index contributed by atoms with van der Waals surface area (Å²) in [6.07, 6.45) is -7.69. The number of rotatable bonds is 2. The zero-order valence-electron chi connectivity index (χ0n) is 10.8. The van der Waals surface area contributed by atoms with Gasteiger partial charge in [-0.25, -0.2) is 0 Å². The van der Waals surface area contributed by atoms with Gasteiger partial charge in [0.25, 0.3) is 0 Å². The van der Waals surface area contributed by atoms with E-state index in [1.54, 1.807) is 0 Å². The Morgan fingerprint density at radius 1 is 0.682 bits per heavy atom. The van der Waals surface area contributed by atoms with Crippen LogP contribution in [0.1, 0.15) is 16.7 Å². The van der Waals surface area contributed by atoms with Crippen molar-refractivity contribution in [1.82, 2.24) is 4.98 Å². The van der Waals surface area contributed by atoms with Crippen molar-refractivity contribution >= 4 is 0 Å². The van der Waals surface area contributed by atoms with E-state index >= 15 is 0 Å². The van der Waals surface area contributed by atoms with Crippen molar-refractivity contribution in [2.75, 3.05) is 0 Å². The van der Waals surface area contributed by atoms with Gasteiger partial charge in [0.05, 0.1) is 5.56 Å². The number of pyridine rings is 1. The highest BCUT2D eigenvalue weighted by Gasteiger charge is 2.56. The Balaban J connectivity index is 2.57. The maximum atomic E-state index is 13.3. The van der Waals surface area contributed by atoms with Crippen molar-refractivity contribution in [2.45, 2.75) is 18.0 Å². The first kappa shape index (κ1) is 16.3. The Kier molecular flexibility index (Phi) is 3.90. The number of aromatic nitrogens is 1. The maximum absolute atomic E-state index is 13.3. The highest BCUT2D eigenvalue weighted by atomic mass is 19.4. The number of hydrogen-bond donors (Lipinski definition) is 1. The molecular formula is C14H9F6NO. The fourth-order valence-electron chi connectivity index (χ4n) is 1.99. The largest absolute Gasteiger partial charge is 0.425 e. The van der Waals surface area contributed by atoms with Crippen molar-refractivity contribution in [3.05, 3.63) is 65.5 Å². The van der Waals surface area contributed by atoms with Crippen LogP contribution in [-0.2, 0) is 11.8 Å². The van der Waals surface area contributed by atoms with Gasteiger partial charge < -0.3 is 5.11 Å². The van der Waals surface area contributed by atoms with Crippen LogP contribution in [0.5, 0.6) is 0 Å². The molecule has 8 heteroatoms. The first-order chi connectivity index (χ1) is 10.1. The summed E-state index contributed by atoms with van der Waals surface area (Å²) >= 11 is 0. The average molecular weight is 321 g/mol. The summed E-state index contributed by atoms with van der Waals surface area (Å²) in [4.78, 5) is 3.55.